The molecule has 1 spiro atoms. The van der Waals surface area contributed by atoms with Crippen molar-refractivity contribution >= 4 is 76.6 Å². The summed E-state index contributed by atoms with van der Waals surface area (Å²) in [5.74, 6) is -8.25. The summed E-state index contributed by atoms with van der Waals surface area (Å²) in [5, 5.41) is 20.5. The molecule has 100 heavy (non-hydrogen) atoms. The van der Waals surface area contributed by atoms with Crippen LogP contribution in [0.15, 0.2) is 30.0 Å². The number of alkyl halides is 3. The van der Waals surface area contributed by atoms with Gasteiger partial charge in [-0.15, -0.1) is 0 Å². The topological polar surface area (TPSA) is 282 Å². The SMILES string of the molecule is CC[C@H](C)[C@@H]1NC(=O)[C@H](CC(C)C)N(C)C(O)C[C@@H](C(=O)N2CCOCC2)N(C)C(=O)[C@H](C2CCCCC2)N(C)C(=O)C2(CCCC2)NC(=O)[C@@H]2CCCN2C(=O)/C(=C\Cc2ccc(C(F)(F)F)c(Cl)c2)NC(=O)CN(C)C(=O)[C@H](CC2CCCC2)N(C)C(=O)CN(C)C(=O)CN(C)C1=O. The number of morpholine rings is 1. The molecule has 3 heterocycles. The zero-order chi connectivity index (χ0) is 73.7. The molecule has 3 saturated heterocycles. The van der Waals surface area contributed by atoms with Gasteiger partial charge in [-0.1, -0.05) is 116 Å². The minimum absolute atomic E-state index is 0.00199. The van der Waals surface area contributed by atoms with Crippen LogP contribution in [-0.2, 0) is 70.1 Å². The first kappa shape index (κ1) is 80.4. The predicted molar refractivity (Wildman–Crippen MR) is 367 cm³/mol. The minimum atomic E-state index is -4.77. The van der Waals surface area contributed by atoms with Gasteiger partial charge < -0.3 is 65.0 Å². The number of hydrogen-bond donors (Lipinski definition) is 4. The maximum atomic E-state index is 15.8. The van der Waals surface area contributed by atoms with Crippen molar-refractivity contribution in [2.75, 3.05) is 102 Å². The minimum Gasteiger partial charge on any atom is -0.378 e. The van der Waals surface area contributed by atoms with E-state index in [0.29, 0.717) is 38.5 Å². The van der Waals surface area contributed by atoms with E-state index in [1.54, 1.807) is 11.8 Å². The largest absolute Gasteiger partial charge is 0.417 e. The Morgan fingerprint density at radius 3 is 1.95 bits per heavy atom. The van der Waals surface area contributed by atoms with Crippen molar-refractivity contribution < 1.29 is 75.8 Å². The number of hydrogen-bond acceptors (Lipinski definition) is 14. The Hall–Kier alpha value is -6.91. The normalized spacial score (nSPS) is 27.4. The van der Waals surface area contributed by atoms with Gasteiger partial charge >= 0.3 is 6.18 Å². The molecule has 0 bridgehead atoms. The number of aliphatic hydroxyl groups excluding tert-OH is 1. The van der Waals surface area contributed by atoms with E-state index in [2.05, 4.69) is 16.0 Å². The van der Waals surface area contributed by atoms with Crippen LogP contribution in [0.3, 0.4) is 0 Å². The molecule has 6 fully saturated rings. The number of ether oxygens (including phenoxy) is 1. The highest BCUT2D eigenvalue weighted by Crippen LogP contribution is 2.39. The van der Waals surface area contributed by atoms with Crippen molar-refractivity contribution in [2.24, 2.45) is 23.7 Å². The fourth-order valence-corrected chi connectivity index (χ4v) is 15.5. The van der Waals surface area contributed by atoms with Crippen LogP contribution in [0.25, 0.3) is 0 Å². The Kier molecular flexibility index (Phi) is 28.8. The molecule has 6 aliphatic rings. The van der Waals surface area contributed by atoms with Crippen LogP contribution in [0.5, 0.6) is 0 Å². The number of nitrogens with zero attached hydrogens (tertiary/aromatic N) is 9. The summed E-state index contributed by atoms with van der Waals surface area (Å²) in [4.78, 5) is 175. The van der Waals surface area contributed by atoms with Crippen LogP contribution in [0.4, 0.5) is 13.2 Å². The fourth-order valence-electron chi connectivity index (χ4n) is 15.2. The third-order valence-corrected chi connectivity index (χ3v) is 21.9. The summed E-state index contributed by atoms with van der Waals surface area (Å²) in [6, 6.07) is -4.13. The van der Waals surface area contributed by atoms with E-state index in [0.717, 1.165) is 71.8 Å². The molecule has 0 radical (unpaired) electrons. The van der Waals surface area contributed by atoms with Gasteiger partial charge in [-0.05, 0) is 106 Å². The fraction of sp³-hybridized carbons (Fsp3) is 0.732. The highest BCUT2D eigenvalue weighted by molar-refractivity contribution is 6.31. The summed E-state index contributed by atoms with van der Waals surface area (Å²) < 4.78 is 47.2. The molecule has 1 aromatic carbocycles. The summed E-state index contributed by atoms with van der Waals surface area (Å²) in [6.45, 7) is 6.45. The molecule has 29 heteroatoms. The van der Waals surface area contributed by atoms with Gasteiger partial charge in [0.15, 0.2) is 0 Å². The van der Waals surface area contributed by atoms with E-state index in [1.807, 2.05) is 20.8 Å². The molecular formula is C71H108ClF3N12O13. The number of carbonyl (C=O) groups is 11. The lowest BCUT2D eigenvalue weighted by Gasteiger charge is -2.44. The second-order valence-corrected chi connectivity index (χ2v) is 29.6. The number of likely N-dealkylation sites (N-methyl/N-ethyl adjacent to an activating group) is 7. The molecule has 25 nitrogen and oxygen atoms in total. The number of benzene rings is 1. The first-order valence-electron chi connectivity index (χ1n) is 35.8. The van der Waals surface area contributed by atoms with Gasteiger partial charge in [-0.3, -0.25) is 57.6 Å². The smallest absolute Gasteiger partial charge is 0.378 e. The van der Waals surface area contributed by atoms with E-state index in [4.69, 9.17) is 16.3 Å². The van der Waals surface area contributed by atoms with Gasteiger partial charge in [0.2, 0.25) is 59.1 Å². The first-order valence-corrected chi connectivity index (χ1v) is 36.2. The maximum absolute atomic E-state index is 15.8. The number of rotatable bonds is 10. The van der Waals surface area contributed by atoms with Gasteiger partial charge in [-0.25, -0.2) is 0 Å². The lowest BCUT2D eigenvalue weighted by atomic mass is 9.81. The van der Waals surface area contributed by atoms with Gasteiger partial charge in [0.1, 0.15) is 47.7 Å². The van der Waals surface area contributed by atoms with E-state index < -0.39 is 168 Å². The Balaban J connectivity index is 1.30. The zero-order valence-corrected chi connectivity index (χ0v) is 61.1. The monoisotopic (exact) mass is 1430 g/mol. The average Bonchev–Trinajstić information content (AvgIpc) is 1.38. The predicted octanol–water partition coefficient (Wildman–Crippen LogP) is 4.80. The highest BCUT2D eigenvalue weighted by atomic mass is 35.5. The Morgan fingerprint density at radius 1 is 0.720 bits per heavy atom. The van der Waals surface area contributed by atoms with E-state index >= 15 is 24.0 Å². The molecule has 4 N–H and O–H groups in total. The van der Waals surface area contributed by atoms with Crippen LogP contribution in [0.1, 0.15) is 161 Å². The van der Waals surface area contributed by atoms with Crippen molar-refractivity contribution in [1.29, 1.82) is 0 Å². The van der Waals surface area contributed by atoms with Crippen LogP contribution >= 0.6 is 11.6 Å². The zero-order valence-electron chi connectivity index (χ0n) is 60.3. The lowest BCUT2D eigenvalue weighted by Crippen LogP contribution is -2.65. The second kappa shape index (κ2) is 35.8. The summed E-state index contributed by atoms with van der Waals surface area (Å²) in [5.41, 5.74) is -2.82. The molecule has 1 aromatic rings. The van der Waals surface area contributed by atoms with Crippen molar-refractivity contribution in [1.82, 2.24) is 60.0 Å². The molecule has 0 aromatic heterocycles. The molecule has 11 amide bonds. The number of aliphatic hydroxyl groups is 1. The van der Waals surface area contributed by atoms with E-state index in [-0.39, 0.29) is 94.5 Å². The van der Waals surface area contributed by atoms with Crippen LogP contribution in [0, 0.1) is 23.7 Å². The molecule has 3 aliphatic heterocycles. The highest BCUT2D eigenvalue weighted by Gasteiger charge is 2.51. The van der Waals surface area contributed by atoms with Gasteiger partial charge in [0, 0.05) is 68.3 Å². The quantitative estimate of drug-likeness (QED) is 0.229. The van der Waals surface area contributed by atoms with Crippen LogP contribution in [0.2, 0.25) is 5.02 Å². The third-order valence-electron chi connectivity index (χ3n) is 21.6. The second-order valence-electron chi connectivity index (χ2n) is 29.2. The van der Waals surface area contributed by atoms with Gasteiger partial charge in [0.05, 0.1) is 49.5 Å². The maximum Gasteiger partial charge on any atom is 0.417 e. The van der Waals surface area contributed by atoms with Crippen molar-refractivity contribution in [3.05, 3.63) is 46.1 Å². The van der Waals surface area contributed by atoms with Crippen molar-refractivity contribution in [3.8, 4) is 0 Å². The molecule has 1 unspecified atom stereocenters. The average molecular weight is 1430 g/mol. The van der Waals surface area contributed by atoms with E-state index in [9.17, 15) is 47.0 Å². The summed E-state index contributed by atoms with van der Waals surface area (Å²) in [6.07, 6.45) is 3.66. The number of allylic oxidation sites excluding steroid dienone is 1. The van der Waals surface area contributed by atoms with Gasteiger partial charge in [0.25, 0.3) is 5.91 Å². The van der Waals surface area contributed by atoms with Crippen LogP contribution < -0.4 is 16.0 Å². The number of halogens is 4. The number of amides is 11. The molecular weight excluding hydrogens is 1320 g/mol. The molecule has 558 valence electrons. The molecule has 3 aliphatic carbocycles. The summed E-state index contributed by atoms with van der Waals surface area (Å²) >= 11 is 6.14. The number of fused-ring (bicyclic) bond motifs is 1. The van der Waals surface area contributed by atoms with Gasteiger partial charge in [-0.2, -0.15) is 13.2 Å². The molecule has 7 rings (SSSR count). The Bertz CT molecular complexity index is 3130. The van der Waals surface area contributed by atoms with Crippen molar-refractivity contribution in [3.63, 3.8) is 0 Å². The lowest BCUT2D eigenvalue weighted by molar-refractivity contribution is -0.158. The van der Waals surface area contributed by atoms with E-state index in [1.165, 1.54) is 86.0 Å². The Morgan fingerprint density at radius 2 is 1.34 bits per heavy atom. The first-order chi connectivity index (χ1) is 47.2. The standard InChI is InChI=1S/C71H108ClF3N12O13/c1-12-45(4)60-67(97)81(7)42-58(90)79(5)43-59(91)83(9)54(39-46-21-16-17-22-46)65(95)80(6)41-56(88)76-51(29-27-47-26-28-49(50(72)38-47)71(73,74)75)64(94)87-32-20-25-52(87)63(93)78-70(30-18-19-31-70)69(99)85(11)61(48-23-14-13-15-24-48)68(98)84(10)55(66(96)86-33-35-100-36-34-86)40-57(89)82(8)53(37-44(2)3)62(92)77-60/h26,28-29,38,44-46,48,52-55,57,60-61,89H,12-25,27,30-37,39-43H2,1-11H3,(H,76,88)(H,77,92)(H,78,93)/b51-29+/t45-,52-,53-,54-,55-,57?,60-,61-/m0/s1. The Labute approximate surface area is 591 Å². The van der Waals surface area contributed by atoms with Crippen molar-refractivity contribution in [2.45, 2.75) is 210 Å². The summed E-state index contributed by atoms with van der Waals surface area (Å²) in [7, 11) is 10.1. The third kappa shape index (κ3) is 20.0. The number of nitrogens with one attached hydrogen (secondary N) is 3. The molecule has 3 saturated carbocycles. The molecule has 8 atom stereocenters. The number of carbonyl (C=O) groups excluding carboxylic acids is 11. The van der Waals surface area contributed by atoms with Crippen LogP contribution in [-0.4, -0.2) is 264 Å².